The summed E-state index contributed by atoms with van der Waals surface area (Å²) in [5.74, 6) is 0.557. The van der Waals surface area contributed by atoms with Crippen molar-refractivity contribution < 1.29 is 0 Å². The van der Waals surface area contributed by atoms with E-state index in [9.17, 15) is 0 Å². The minimum absolute atomic E-state index is 0.557. The maximum absolute atomic E-state index is 5.44. The molecule has 2 heteroatoms. The average Bonchev–Trinajstić information content (AvgIpc) is 2.37. The van der Waals surface area contributed by atoms with Crippen LogP contribution in [-0.4, -0.2) is 6.54 Å². The van der Waals surface area contributed by atoms with Crippen LogP contribution in [0.2, 0.25) is 0 Å². The van der Waals surface area contributed by atoms with Gasteiger partial charge in [0.2, 0.25) is 0 Å². The molecule has 19 heavy (non-hydrogen) atoms. The molecule has 0 spiro atoms. The third-order valence-electron chi connectivity index (χ3n) is 3.11. The van der Waals surface area contributed by atoms with Crippen molar-refractivity contribution in [3.05, 3.63) is 59.9 Å². The second kappa shape index (κ2) is 8.41. The monoisotopic (exact) mass is 258 g/mol. The molecule has 0 bridgehead atoms. The Morgan fingerprint density at radius 1 is 1.05 bits per heavy atom. The molecule has 0 saturated heterocycles. The topological polar surface area (TPSA) is 38.0 Å². The number of aryl methyl sites for hydroxylation is 2. The van der Waals surface area contributed by atoms with Gasteiger partial charge < -0.3 is 11.1 Å². The molecule has 1 rings (SSSR count). The van der Waals surface area contributed by atoms with Gasteiger partial charge in [-0.3, -0.25) is 0 Å². The van der Waals surface area contributed by atoms with E-state index in [2.05, 4.69) is 49.7 Å². The number of nitrogens with one attached hydrogen (secondary N) is 1. The SMILES string of the molecule is C=C(C)CCc1ccc(CCCCNC(=C)N)cc1. The second-order valence-electron chi connectivity index (χ2n) is 5.18. The summed E-state index contributed by atoms with van der Waals surface area (Å²) in [6.07, 6.45) is 5.59. The number of unbranched alkanes of at least 4 members (excludes halogenated alkanes) is 1. The van der Waals surface area contributed by atoms with Crippen LogP contribution in [0, 0.1) is 0 Å². The molecule has 0 fully saturated rings. The zero-order valence-electron chi connectivity index (χ0n) is 12.0. The average molecular weight is 258 g/mol. The van der Waals surface area contributed by atoms with Crippen LogP contribution in [0.15, 0.2) is 48.8 Å². The first-order chi connectivity index (χ1) is 9.08. The van der Waals surface area contributed by atoms with Gasteiger partial charge in [-0.25, -0.2) is 0 Å². The molecule has 1 aromatic carbocycles. The number of hydrogen-bond acceptors (Lipinski definition) is 2. The van der Waals surface area contributed by atoms with Gasteiger partial charge in [0.05, 0.1) is 5.82 Å². The van der Waals surface area contributed by atoms with Crippen LogP contribution in [0.4, 0.5) is 0 Å². The summed E-state index contributed by atoms with van der Waals surface area (Å²) in [6, 6.07) is 8.95. The molecule has 0 unspecified atom stereocenters. The van der Waals surface area contributed by atoms with Crippen molar-refractivity contribution in [2.24, 2.45) is 5.73 Å². The first kappa shape index (κ1) is 15.4. The lowest BCUT2D eigenvalue weighted by Crippen LogP contribution is -2.19. The van der Waals surface area contributed by atoms with E-state index in [1.807, 2.05) is 0 Å². The van der Waals surface area contributed by atoms with Gasteiger partial charge >= 0.3 is 0 Å². The molecule has 1 aromatic rings. The van der Waals surface area contributed by atoms with Crippen molar-refractivity contribution in [1.82, 2.24) is 5.32 Å². The highest BCUT2D eigenvalue weighted by Gasteiger charge is 1.96. The van der Waals surface area contributed by atoms with Gasteiger partial charge in [0.25, 0.3) is 0 Å². The van der Waals surface area contributed by atoms with Gasteiger partial charge in [0.15, 0.2) is 0 Å². The van der Waals surface area contributed by atoms with Gasteiger partial charge in [-0.05, 0) is 50.2 Å². The van der Waals surface area contributed by atoms with Gasteiger partial charge in [0.1, 0.15) is 0 Å². The molecule has 0 radical (unpaired) electrons. The Morgan fingerprint density at radius 3 is 2.16 bits per heavy atom. The lowest BCUT2D eigenvalue weighted by Gasteiger charge is -2.06. The van der Waals surface area contributed by atoms with E-state index in [1.54, 1.807) is 0 Å². The van der Waals surface area contributed by atoms with E-state index in [0.29, 0.717) is 5.82 Å². The third kappa shape index (κ3) is 7.35. The molecule has 0 aliphatic rings. The van der Waals surface area contributed by atoms with Crippen LogP contribution >= 0.6 is 0 Å². The van der Waals surface area contributed by atoms with Gasteiger partial charge in [-0.1, -0.05) is 36.4 Å². The molecule has 0 atom stereocenters. The first-order valence-electron chi connectivity index (χ1n) is 6.98. The summed E-state index contributed by atoms with van der Waals surface area (Å²) in [5, 5.41) is 3.04. The zero-order chi connectivity index (χ0) is 14.1. The molecule has 3 N–H and O–H groups in total. The lowest BCUT2D eigenvalue weighted by molar-refractivity contribution is 0.675. The highest BCUT2D eigenvalue weighted by molar-refractivity contribution is 5.23. The standard InChI is InChI=1S/C17H26N2/c1-14(2)7-8-17-11-9-16(10-12-17)6-4-5-13-19-15(3)18/h9-12,19H,1,3-8,13,18H2,2H3. The minimum Gasteiger partial charge on any atom is -0.386 e. The van der Waals surface area contributed by atoms with Crippen LogP contribution in [-0.2, 0) is 12.8 Å². The number of hydrogen-bond donors (Lipinski definition) is 2. The number of rotatable bonds is 9. The van der Waals surface area contributed by atoms with Crippen LogP contribution in [0.1, 0.15) is 37.3 Å². The summed E-state index contributed by atoms with van der Waals surface area (Å²) >= 11 is 0. The second-order valence-corrected chi connectivity index (χ2v) is 5.18. The van der Waals surface area contributed by atoms with Crippen LogP contribution in [0.5, 0.6) is 0 Å². The molecule has 0 aromatic heterocycles. The Labute approximate surface area is 117 Å². The summed E-state index contributed by atoms with van der Waals surface area (Å²) in [7, 11) is 0. The van der Waals surface area contributed by atoms with Crippen LogP contribution in [0.3, 0.4) is 0 Å². The Bertz CT molecular complexity index is 404. The predicted octanol–water partition coefficient (Wildman–Crippen LogP) is 3.54. The molecule has 0 heterocycles. The Kier molecular flexibility index (Phi) is 6.80. The maximum Gasteiger partial charge on any atom is 0.0885 e. The van der Waals surface area contributed by atoms with Gasteiger partial charge in [-0.2, -0.15) is 0 Å². The first-order valence-corrected chi connectivity index (χ1v) is 6.98. The molecule has 0 aliphatic heterocycles. The fourth-order valence-corrected chi connectivity index (χ4v) is 1.93. The van der Waals surface area contributed by atoms with Crippen molar-refractivity contribution >= 4 is 0 Å². The smallest absolute Gasteiger partial charge is 0.0885 e. The fourth-order valence-electron chi connectivity index (χ4n) is 1.93. The highest BCUT2D eigenvalue weighted by atomic mass is 15.0. The van der Waals surface area contributed by atoms with Crippen LogP contribution < -0.4 is 11.1 Å². The van der Waals surface area contributed by atoms with Gasteiger partial charge in [-0.15, -0.1) is 6.58 Å². The van der Waals surface area contributed by atoms with E-state index in [0.717, 1.165) is 32.2 Å². The summed E-state index contributed by atoms with van der Waals surface area (Å²) in [4.78, 5) is 0. The van der Waals surface area contributed by atoms with E-state index in [4.69, 9.17) is 5.73 Å². The molecule has 104 valence electrons. The van der Waals surface area contributed by atoms with Crippen molar-refractivity contribution in [3.63, 3.8) is 0 Å². The Balaban J connectivity index is 2.24. The van der Waals surface area contributed by atoms with Crippen molar-refractivity contribution in [2.45, 2.75) is 39.0 Å². The highest BCUT2D eigenvalue weighted by Crippen LogP contribution is 2.11. The van der Waals surface area contributed by atoms with E-state index in [1.165, 1.54) is 23.1 Å². The molecular formula is C17H26N2. The fraction of sp³-hybridized carbons (Fsp3) is 0.412. The van der Waals surface area contributed by atoms with Crippen molar-refractivity contribution in [1.29, 1.82) is 0 Å². The maximum atomic E-state index is 5.44. The van der Waals surface area contributed by atoms with E-state index >= 15 is 0 Å². The molecule has 0 saturated carbocycles. The molecule has 0 amide bonds. The summed E-state index contributed by atoms with van der Waals surface area (Å²) < 4.78 is 0. The number of allylic oxidation sites excluding steroid dienone is 1. The Hall–Kier alpha value is -1.70. The quantitative estimate of drug-likeness (QED) is 0.525. The molecule has 2 nitrogen and oxygen atoms in total. The minimum atomic E-state index is 0.557. The zero-order valence-corrected chi connectivity index (χ0v) is 12.0. The molecular weight excluding hydrogens is 232 g/mol. The number of benzene rings is 1. The van der Waals surface area contributed by atoms with E-state index < -0.39 is 0 Å². The van der Waals surface area contributed by atoms with Gasteiger partial charge in [0, 0.05) is 6.54 Å². The summed E-state index contributed by atoms with van der Waals surface area (Å²) in [6.45, 7) is 10.5. The van der Waals surface area contributed by atoms with E-state index in [-0.39, 0.29) is 0 Å². The third-order valence-corrected chi connectivity index (χ3v) is 3.11. The largest absolute Gasteiger partial charge is 0.386 e. The van der Waals surface area contributed by atoms with Crippen LogP contribution in [0.25, 0.3) is 0 Å². The number of nitrogens with two attached hydrogens (primary N) is 1. The Morgan fingerprint density at radius 2 is 1.63 bits per heavy atom. The van der Waals surface area contributed by atoms with Crippen molar-refractivity contribution in [3.8, 4) is 0 Å². The molecule has 0 aliphatic carbocycles. The predicted molar refractivity (Wildman–Crippen MR) is 83.8 cm³/mol. The summed E-state index contributed by atoms with van der Waals surface area (Å²) in [5.41, 5.74) is 9.49. The lowest BCUT2D eigenvalue weighted by atomic mass is 10.0. The van der Waals surface area contributed by atoms with Crippen molar-refractivity contribution in [2.75, 3.05) is 6.54 Å². The normalized spacial score (nSPS) is 10.2.